The van der Waals surface area contributed by atoms with Gasteiger partial charge in [-0.2, -0.15) is 4.31 Å². The fraction of sp³-hybridized carbons (Fsp3) is 0.389. The van der Waals surface area contributed by atoms with Crippen LogP contribution in [0.5, 0.6) is 5.75 Å². The van der Waals surface area contributed by atoms with Crippen LogP contribution in [0.4, 0.5) is 0 Å². The molecule has 0 radical (unpaired) electrons. The Bertz CT molecular complexity index is 919. The minimum atomic E-state index is -3.40. The predicted octanol–water partition coefficient (Wildman–Crippen LogP) is 2.24. The Morgan fingerprint density at radius 2 is 2.04 bits per heavy atom. The van der Waals surface area contributed by atoms with Gasteiger partial charge in [-0.25, -0.2) is 13.2 Å². The van der Waals surface area contributed by atoms with E-state index < -0.39 is 15.6 Å². The van der Waals surface area contributed by atoms with Crippen LogP contribution in [0.3, 0.4) is 0 Å². The van der Waals surface area contributed by atoms with Crippen LogP contribution in [0, 0.1) is 13.8 Å². The third-order valence-electron chi connectivity index (χ3n) is 4.10. The first-order valence-electron chi connectivity index (χ1n) is 8.14. The van der Waals surface area contributed by atoms with Gasteiger partial charge in [0, 0.05) is 12.6 Å². The van der Waals surface area contributed by atoms with E-state index in [1.165, 1.54) is 10.4 Å². The zero-order valence-electron chi connectivity index (χ0n) is 14.3. The highest BCUT2D eigenvalue weighted by molar-refractivity contribution is 7.88. The van der Waals surface area contributed by atoms with Crippen LogP contribution >= 0.6 is 0 Å². The number of ether oxygens (including phenoxy) is 1. The second-order valence-corrected chi connectivity index (χ2v) is 8.32. The number of rotatable bonds is 5. The molecule has 2 heterocycles. The summed E-state index contributed by atoms with van der Waals surface area (Å²) < 4.78 is 37.4. The topological polar surface area (TPSA) is 76.8 Å². The van der Waals surface area contributed by atoms with Crippen molar-refractivity contribution in [1.29, 1.82) is 0 Å². The Morgan fingerprint density at radius 1 is 1.24 bits per heavy atom. The number of benzene rings is 1. The van der Waals surface area contributed by atoms with Crippen LogP contribution in [-0.4, -0.2) is 31.9 Å². The highest BCUT2D eigenvalue weighted by atomic mass is 32.2. The van der Waals surface area contributed by atoms with Crippen molar-refractivity contribution in [3.63, 3.8) is 0 Å². The minimum absolute atomic E-state index is 0.0184. The molecule has 0 N–H and O–H groups in total. The third kappa shape index (κ3) is 4.49. The summed E-state index contributed by atoms with van der Waals surface area (Å²) >= 11 is 0. The standard InChI is InChI=1S/C18H21NO5S/c1-13-4-3-5-15(8-13)12-25(21,22)19-7-6-16(11-19)24-17-9-14(2)23-18(20)10-17/h3-5,8-10,16H,6-7,11-12H2,1-2H3. The van der Waals surface area contributed by atoms with Gasteiger partial charge in [-0.15, -0.1) is 0 Å². The van der Waals surface area contributed by atoms with Crippen molar-refractivity contribution in [1.82, 2.24) is 4.31 Å². The Labute approximate surface area is 147 Å². The zero-order chi connectivity index (χ0) is 18.0. The smallest absolute Gasteiger partial charge is 0.339 e. The second kappa shape index (κ2) is 7.01. The van der Waals surface area contributed by atoms with Crippen LogP contribution in [0.15, 0.2) is 45.6 Å². The van der Waals surface area contributed by atoms with Crippen molar-refractivity contribution in [2.45, 2.75) is 32.1 Å². The van der Waals surface area contributed by atoms with Gasteiger partial charge >= 0.3 is 5.63 Å². The number of hydrogen-bond acceptors (Lipinski definition) is 5. The number of sulfonamides is 1. The normalized spacial score (nSPS) is 18.4. The summed E-state index contributed by atoms with van der Waals surface area (Å²) in [4.78, 5) is 11.4. The van der Waals surface area contributed by atoms with E-state index in [0.29, 0.717) is 24.5 Å². The summed E-state index contributed by atoms with van der Waals surface area (Å²) in [7, 11) is -3.40. The molecular weight excluding hydrogens is 342 g/mol. The lowest BCUT2D eigenvalue weighted by molar-refractivity contribution is 0.213. The van der Waals surface area contributed by atoms with Gasteiger partial charge in [-0.05, 0) is 25.8 Å². The summed E-state index contributed by atoms with van der Waals surface area (Å²) in [5.41, 5.74) is 1.34. The molecule has 2 aromatic rings. The molecule has 6 nitrogen and oxygen atoms in total. The third-order valence-corrected chi connectivity index (χ3v) is 5.92. The van der Waals surface area contributed by atoms with Crippen LogP contribution in [-0.2, 0) is 15.8 Å². The Morgan fingerprint density at radius 3 is 2.76 bits per heavy atom. The van der Waals surface area contributed by atoms with Crippen molar-refractivity contribution in [3.05, 3.63) is 63.7 Å². The molecule has 1 saturated heterocycles. The maximum Gasteiger partial charge on any atom is 0.339 e. The van der Waals surface area contributed by atoms with E-state index in [1.807, 2.05) is 31.2 Å². The zero-order valence-corrected chi connectivity index (χ0v) is 15.1. The lowest BCUT2D eigenvalue weighted by Crippen LogP contribution is -2.32. The van der Waals surface area contributed by atoms with Gasteiger partial charge in [0.1, 0.15) is 17.6 Å². The van der Waals surface area contributed by atoms with E-state index >= 15 is 0 Å². The summed E-state index contributed by atoms with van der Waals surface area (Å²) in [6.07, 6.45) is 0.320. The SMILES string of the molecule is Cc1cccc(CS(=O)(=O)N2CCC(Oc3cc(C)oc(=O)c3)C2)c1. The summed E-state index contributed by atoms with van der Waals surface area (Å²) in [6, 6.07) is 10.4. The average molecular weight is 363 g/mol. The van der Waals surface area contributed by atoms with Crippen molar-refractivity contribution < 1.29 is 17.6 Å². The number of aryl methyl sites for hydroxylation is 2. The molecule has 0 saturated carbocycles. The molecule has 1 fully saturated rings. The number of nitrogens with zero attached hydrogens (tertiary/aromatic N) is 1. The molecule has 25 heavy (non-hydrogen) atoms. The summed E-state index contributed by atoms with van der Waals surface area (Å²) in [6.45, 7) is 4.31. The molecular formula is C18H21NO5S. The summed E-state index contributed by atoms with van der Waals surface area (Å²) in [5.74, 6) is 0.858. The summed E-state index contributed by atoms with van der Waals surface area (Å²) in [5, 5.41) is 0. The van der Waals surface area contributed by atoms with Gasteiger partial charge in [0.15, 0.2) is 0 Å². The molecule has 3 rings (SSSR count). The molecule has 1 aliphatic rings. The molecule has 1 atom stereocenters. The van der Waals surface area contributed by atoms with Gasteiger partial charge in [-0.3, -0.25) is 0 Å². The lowest BCUT2D eigenvalue weighted by Gasteiger charge is -2.17. The van der Waals surface area contributed by atoms with Gasteiger partial charge in [0.2, 0.25) is 10.0 Å². The van der Waals surface area contributed by atoms with Crippen molar-refractivity contribution in [3.8, 4) is 5.75 Å². The lowest BCUT2D eigenvalue weighted by atomic mass is 10.2. The predicted molar refractivity (Wildman–Crippen MR) is 94.1 cm³/mol. The second-order valence-electron chi connectivity index (χ2n) is 6.35. The first kappa shape index (κ1) is 17.7. The molecule has 134 valence electrons. The van der Waals surface area contributed by atoms with E-state index in [-0.39, 0.29) is 18.4 Å². The van der Waals surface area contributed by atoms with Gasteiger partial charge in [0.25, 0.3) is 0 Å². The molecule has 0 aliphatic carbocycles. The van der Waals surface area contributed by atoms with E-state index in [1.54, 1.807) is 13.0 Å². The van der Waals surface area contributed by atoms with E-state index in [4.69, 9.17) is 9.15 Å². The Balaban J connectivity index is 1.66. The van der Waals surface area contributed by atoms with Gasteiger partial charge in [-0.1, -0.05) is 29.8 Å². The first-order chi connectivity index (χ1) is 11.8. The molecule has 0 amide bonds. The first-order valence-corrected chi connectivity index (χ1v) is 9.74. The minimum Gasteiger partial charge on any atom is -0.489 e. The average Bonchev–Trinajstić information content (AvgIpc) is 2.95. The fourth-order valence-electron chi connectivity index (χ4n) is 2.99. The van der Waals surface area contributed by atoms with Crippen LogP contribution in [0.2, 0.25) is 0 Å². The van der Waals surface area contributed by atoms with Crippen LogP contribution in [0.1, 0.15) is 23.3 Å². The molecule has 1 unspecified atom stereocenters. The van der Waals surface area contributed by atoms with E-state index in [2.05, 4.69) is 0 Å². The van der Waals surface area contributed by atoms with Gasteiger partial charge in [0.05, 0.1) is 18.4 Å². The van der Waals surface area contributed by atoms with Crippen molar-refractivity contribution in [2.75, 3.05) is 13.1 Å². The quantitative estimate of drug-likeness (QED) is 0.814. The molecule has 1 aromatic carbocycles. The monoisotopic (exact) mass is 363 g/mol. The highest BCUT2D eigenvalue weighted by Crippen LogP contribution is 2.22. The van der Waals surface area contributed by atoms with Crippen molar-refractivity contribution >= 4 is 10.0 Å². The molecule has 0 spiro atoms. The Hall–Kier alpha value is -2.12. The molecule has 1 aromatic heterocycles. The van der Waals surface area contributed by atoms with Crippen LogP contribution in [0.25, 0.3) is 0 Å². The van der Waals surface area contributed by atoms with Gasteiger partial charge < -0.3 is 9.15 Å². The highest BCUT2D eigenvalue weighted by Gasteiger charge is 2.32. The van der Waals surface area contributed by atoms with Crippen molar-refractivity contribution in [2.24, 2.45) is 0 Å². The van der Waals surface area contributed by atoms with Crippen LogP contribution < -0.4 is 10.4 Å². The molecule has 7 heteroatoms. The maximum absolute atomic E-state index is 12.6. The molecule has 1 aliphatic heterocycles. The van der Waals surface area contributed by atoms with E-state index in [9.17, 15) is 13.2 Å². The maximum atomic E-state index is 12.6. The number of hydrogen-bond donors (Lipinski definition) is 0. The Kier molecular flexibility index (Phi) is 4.96. The van der Waals surface area contributed by atoms with E-state index in [0.717, 1.165) is 11.1 Å². The fourth-order valence-corrected chi connectivity index (χ4v) is 4.55. The largest absolute Gasteiger partial charge is 0.489 e. The molecule has 0 bridgehead atoms.